The highest BCUT2D eigenvalue weighted by Gasteiger charge is 2.33. The zero-order valence-corrected chi connectivity index (χ0v) is 19.7. The summed E-state index contributed by atoms with van der Waals surface area (Å²) in [6.45, 7) is 7.70. The number of hydrogen-bond donors (Lipinski definition) is 1. The van der Waals surface area contributed by atoms with Crippen molar-refractivity contribution in [3.8, 4) is 11.1 Å². The lowest BCUT2D eigenvalue weighted by atomic mass is 9.89. The van der Waals surface area contributed by atoms with Gasteiger partial charge in [-0.3, -0.25) is 9.59 Å². The molecule has 2 amide bonds. The summed E-state index contributed by atoms with van der Waals surface area (Å²) < 4.78 is 0. The number of hydrogen-bond acceptors (Lipinski definition) is 4. The molecule has 2 atom stereocenters. The Morgan fingerprint density at radius 2 is 1.68 bits per heavy atom. The number of nitrogens with zero attached hydrogens (tertiary/aromatic N) is 3. The van der Waals surface area contributed by atoms with E-state index in [0.717, 1.165) is 41.2 Å². The number of rotatable bonds is 4. The fraction of sp³-hybridized carbons (Fsp3) is 0.321. The maximum absolute atomic E-state index is 13.1. The molecule has 0 radical (unpaired) electrons. The summed E-state index contributed by atoms with van der Waals surface area (Å²) in [6.07, 6.45) is 1.93. The van der Waals surface area contributed by atoms with Gasteiger partial charge in [-0.1, -0.05) is 49.4 Å². The normalized spacial score (nSPS) is 20.4. The smallest absolute Gasteiger partial charge is 0.253 e. The molecule has 2 fully saturated rings. The van der Waals surface area contributed by atoms with Crippen LogP contribution in [-0.4, -0.2) is 54.4 Å². The van der Waals surface area contributed by atoms with E-state index in [2.05, 4.69) is 42.3 Å². The number of carbonyl (C=O) groups is 2. The van der Waals surface area contributed by atoms with Gasteiger partial charge in [-0.15, -0.1) is 0 Å². The fourth-order valence-corrected chi connectivity index (χ4v) is 5.05. The lowest BCUT2D eigenvalue weighted by Crippen LogP contribution is -2.49. The van der Waals surface area contributed by atoms with Crippen LogP contribution in [0.1, 0.15) is 34.3 Å². The molecule has 3 heterocycles. The molecule has 1 N–H and O–H groups in total. The Morgan fingerprint density at radius 1 is 0.971 bits per heavy atom. The van der Waals surface area contributed by atoms with Crippen LogP contribution in [-0.2, 0) is 4.79 Å². The van der Waals surface area contributed by atoms with Gasteiger partial charge in [-0.25, -0.2) is 4.98 Å². The first-order valence-corrected chi connectivity index (χ1v) is 12.0. The van der Waals surface area contributed by atoms with E-state index in [1.165, 1.54) is 0 Å². The van der Waals surface area contributed by atoms with Crippen molar-refractivity contribution in [2.24, 2.45) is 5.92 Å². The van der Waals surface area contributed by atoms with Crippen LogP contribution in [0.3, 0.4) is 0 Å². The summed E-state index contributed by atoms with van der Waals surface area (Å²) in [6, 6.07) is 20.0. The molecule has 2 aliphatic heterocycles. The van der Waals surface area contributed by atoms with Crippen LogP contribution in [0.5, 0.6) is 0 Å². The van der Waals surface area contributed by atoms with Gasteiger partial charge in [0.25, 0.3) is 5.91 Å². The maximum atomic E-state index is 13.1. The molecule has 6 heteroatoms. The highest BCUT2D eigenvalue weighted by Crippen LogP contribution is 2.29. The molecule has 34 heavy (non-hydrogen) atoms. The summed E-state index contributed by atoms with van der Waals surface area (Å²) >= 11 is 0. The summed E-state index contributed by atoms with van der Waals surface area (Å²) in [5.74, 6) is 1.24. The molecule has 5 rings (SSSR count). The van der Waals surface area contributed by atoms with Crippen molar-refractivity contribution in [3.63, 3.8) is 0 Å². The second-order valence-corrected chi connectivity index (χ2v) is 9.33. The molecule has 0 aliphatic carbocycles. The van der Waals surface area contributed by atoms with E-state index in [0.29, 0.717) is 25.2 Å². The molecular formula is C28H30N4O2. The molecule has 2 aromatic carbocycles. The van der Waals surface area contributed by atoms with Crippen LogP contribution in [0.15, 0.2) is 66.9 Å². The zero-order chi connectivity index (χ0) is 23.7. The van der Waals surface area contributed by atoms with E-state index in [1.807, 2.05) is 53.6 Å². The number of benzene rings is 2. The van der Waals surface area contributed by atoms with Crippen LogP contribution >= 0.6 is 0 Å². The second-order valence-electron chi connectivity index (χ2n) is 9.33. The largest absolute Gasteiger partial charge is 0.355 e. The third kappa shape index (κ3) is 4.28. The topological polar surface area (TPSA) is 65.5 Å². The fourth-order valence-electron chi connectivity index (χ4n) is 5.05. The van der Waals surface area contributed by atoms with Crippen molar-refractivity contribution >= 4 is 17.6 Å². The standard InChI is InChI=1S/C28H30N4O2/c1-19-16-24(21-6-4-3-5-7-21)18-29-26(19)31-12-14-32(15-13-31)28(34)23-10-8-22(9-11-23)25-20(2)17-30-27(25)33/h3-11,16,18,20,25H,12-15,17H2,1-2H3,(H,30,33)/t20?,25-/m1/s1. The van der Waals surface area contributed by atoms with Crippen molar-refractivity contribution < 1.29 is 9.59 Å². The summed E-state index contributed by atoms with van der Waals surface area (Å²) in [5, 5.41) is 2.92. The third-order valence-corrected chi connectivity index (χ3v) is 6.99. The number of aryl methyl sites for hydroxylation is 1. The Morgan fingerprint density at radius 3 is 2.29 bits per heavy atom. The first-order chi connectivity index (χ1) is 16.5. The SMILES string of the molecule is Cc1cc(-c2ccccc2)cnc1N1CCN(C(=O)c2ccc([C@@H]3C(=O)NCC3C)cc2)CC1. The predicted molar refractivity (Wildman–Crippen MR) is 134 cm³/mol. The highest BCUT2D eigenvalue weighted by molar-refractivity contribution is 5.94. The molecule has 1 aromatic heterocycles. The number of pyridine rings is 1. The van der Waals surface area contributed by atoms with Gasteiger partial charge in [0.2, 0.25) is 5.91 Å². The average Bonchev–Trinajstić information content (AvgIpc) is 3.22. The third-order valence-electron chi connectivity index (χ3n) is 6.99. The Balaban J connectivity index is 1.22. The monoisotopic (exact) mass is 454 g/mol. The Labute approximate surface area is 200 Å². The molecule has 3 aromatic rings. The first-order valence-electron chi connectivity index (χ1n) is 12.0. The van der Waals surface area contributed by atoms with Crippen LogP contribution in [0.25, 0.3) is 11.1 Å². The van der Waals surface area contributed by atoms with E-state index >= 15 is 0 Å². The van der Waals surface area contributed by atoms with Crippen molar-refractivity contribution in [1.29, 1.82) is 0 Å². The minimum atomic E-state index is -0.128. The van der Waals surface area contributed by atoms with E-state index in [4.69, 9.17) is 4.98 Å². The average molecular weight is 455 g/mol. The molecule has 1 unspecified atom stereocenters. The van der Waals surface area contributed by atoms with Gasteiger partial charge in [0.1, 0.15) is 5.82 Å². The van der Waals surface area contributed by atoms with E-state index < -0.39 is 0 Å². The second kappa shape index (κ2) is 9.29. The van der Waals surface area contributed by atoms with Crippen molar-refractivity contribution in [1.82, 2.24) is 15.2 Å². The van der Waals surface area contributed by atoms with E-state index in [9.17, 15) is 9.59 Å². The molecule has 2 saturated heterocycles. The summed E-state index contributed by atoms with van der Waals surface area (Å²) in [4.78, 5) is 34.1. The van der Waals surface area contributed by atoms with Gasteiger partial charge in [0, 0.05) is 50.0 Å². The van der Waals surface area contributed by atoms with Crippen LogP contribution in [0.2, 0.25) is 0 Å². The first kappa shape index (κ1) is 22.1. The summed E-state index contributed by atoms with van der Waals surface area (Å²) in [7, 11) is 0. The Bertz CT molecular complexity index is 1180. The van der Waals surface area contributed by atoms with Crippen molar-refractivity contribution in [2.75, 3.05) is 37.6 Å². The number of aromatic nitrogens is 1. The van der Waals surface area contributed by atoms with Gasteiger partial charge in [0.15, 0.2) is 0 Å². The van der Waals surface area contributed by atoms with E-state index in [-0.39, 0.29) is 23.7 Å². The maximum Gasteiger partial charge on any atom is 0.253 e. The van der Waals surface area contributed by atoms with Gasteiger partial charge in [-0.05, 0) is 47.7 Å². The van der Waals surface area contributed by atoms with Gasteiger partial charge >= 0.3 is 0 Å². The quantitative estimate of drug-likeness (QED) is 0.650. The number of carbonyl (C=O) groups excluding carboxylic acids is 2. The van der Waals surface area contributed by atoms with Gasteiger partial charge in [-0.2, -0.15) is 0 Å². The van der Waals surface area contributed by atoms with E-state index in [1.54, 1.807) is 0 Å². The number of piperazine rings is 1. The molecule has 0 bridgehead atoms. The minimum absolute atomic E-state index is 0.0410. The number of anilines is 1. The van der Waals surface area contributed by atoms with Crippen molar-refractivity contribution in [2.45, 2.75) is 19.8 Å². The Kier molecular flexibility index (Phi) is 6.05. The van der Waals surface area contributed by atoms with Crippen molar-refractivity contribution in [3.05, 3.63) is 83.6 Å². The Hall–Kier alpha value is -3.67. The number of amides is 2. The van der Waals surface area contributed by atoms with Crippen LogP contribution in [0.4, 0.5) is 5.82 Å². The molecule has 2 aliphatic rings. The minimum Gasteiger partial charge on any atom is -0.355 e. The molecule has 6 nitrogen and oxygen atoms in total. The highest BCUT2D eigenvalue weighted by atomic mass is 16.2. The lowest BCUT2D eigenvalue weighted by Gasteiger charge is -2.36. The van der Waals surface area contributed by atoms with Crippen LogP contribution in [0, 0.1) is 12.8 Å². The van der Waals surface area contributed by atoms with Gasteiger partial charge in [0.05, 0.1) is 5.92 Å². The number of nitrogens with one attached hydrogen (secondary N) is 1. The molecular weight excluding hydrogens is 424 g/mol. The van der Waals surface area contributed by atoms with Crippen LogP contribution < -0.4 is 10.2 Å². The molecule has 0 saturated carbocycles. The summed E-state index contributed by atoms with van der Waals surface area (Å²) in [5.41, 5.74) is 5.06. The lowest BCUT2D eigenvalue weighted by molar-refractivity contribution is -0.120. The molecule has 174 valence electrons. The predicted octanol–water partition coefficient (Wildman–Crippen LogP) is 3.87. The zero-order valence-electron chi connectivity index (χ0n) is 19.7. The van der Waals surface area contributed by atoms with Gasteiger partial charge < -0.3 is 15.1 Å². The molecule has 0 spiro atoms.